The van der Waals surface area contributed by atoms with Crippen molar-refractivity contribution in [3.63, 3.8) is 0 Å². The number of rotatable bonds is 4. The molecule has 4 rings (SSSR count). The number of benzene rings is 2. The first-order valence-corrected chi connectivity index (χ1v) is 8.67. The lowest BCUT2D eigenvalue weighted by atomic mass is 10.1. The normalized spacial score (nSPS) is 10.7. The van der Waals surface area contributed by atoms with Crippen molar-refractivity contribution in [1.29, 1.82) is 0 Å². The van der Waals surface area contributed by atoms with Crippen LogP contribution >= 0.6 is 11.6 Å². The summed E-state index contributed by atoms with van der Waals surface area (Å²) in [5, 5.41) is 10.5. The zero-order chi connectivity index (χ0) is 18.8. The van der Waals surface area contributed by atoms with E-state index in [0.717, 1.165) is 28.1 Å². The summed E-state index contributed by atoms with van der Waals surface area (Å²) in [7, 11) is 1.52. The molecule has 5 nitrogen and oxygen atoms in total. The molecule has 2 aromatic heterocycles. The molecule has 2 N–H and O–H groups in total. The number of nitrogens with zero attached hydrogens (tertiary/aromatic N) is 2. The summed E-state index contributed by atoms with van der Waals surface area (Å²) in [4.78, 5) is 12.3. The number of hydrogen-bond donors (Lipinski definition) is 2. The highest BCUT2D eigenvalue weighted by Gasteiger charge is 2.16. The molecule has 0 unspecified atom stereocenters. The van der Waals surface area contributed by atoms with E-state index in [0.29, 0.717) is 16.6 Å². The number of aromatic hydroxyl groups is 1. The van der Waals surface area contributed by atoms with Crippen LogP contribution in [0.25, 0.3) is 33.9 Å². The number of phenols is 1. The Morgan fingerprint density at radius 1 is 0.926 bits per heavy atom. The van der Waals surface area contributed by atoms with Crippen molar-refractivity contribution >= 4 is 11.6 Å². The number of halogens is 1. The lowest BCUT2D eigenvalue weighted by molar-refractivity contribution is 0.373. The molecule has 134 valence electrons. The van der Waals surface area contributed by atoms with Gasteiger partial charge in [-0.3, -0.25) is 4.98 Å². The molecule has 4 aromatic rings. The summed E-state index contributed by atoms with van der Waals surface area (Å²) in [6.07, 6.45) is 3.48. The number of nitrogens with one attached hydrogen (secondary N) is 1. The van der Waals surface area contributed by atoms with E-state index >= 15 is 0 Å². The van der Waals surface area contributed by atoms with Crippen molar-refractivity contribution in [2.75, 3.05) is 7.11 Å². The summed E-state index contributed by atoms with van der Waals surface area (Å²) < 4.78 is 5.21. The average molecular weight is 378 g/mol. The van der Waals surface area contributed by atoms with Crippen LogP contribution in [0.3, 0.4) is 0 Å². The fourth-order valence-corrected chi connectivity index (χ4v) is 3.01. The number of pyridine rings is 1. The summed E-state index contributed by atoms with van der Waals surface area (Å²) in [5.41, 5.74) is 4.40. The minimum Gasteiger partial charge on any atom is -0.504 e. The number of phenolic OH excluding ortho intramolecular Hbond substituents is 1. The fourth-order valence-electron chi connectivity index (χ4n) is 2.88. The van der Waals surface area contributed by atoms with Crippen LogP contribution in [0.2, 0.25) is 5.02 Å². The maximum atomic E-state index is 9.85. The van der Waals surface area contributed by atoms with Gasteiger partial charge in [0.2, 0.25) is 0 Å². The van der Waals surface area contributed by atoms with Gasteiger partial charge < -0.3 is 14.8 Å². The third-order valence-corrected chi connectivity index (χ3v) is 4.50. The molecule has 0 saturated heterocycles. The topological polar surface area (TPSA) is 71.0 Å². The van der Waals surface area contributed by atoms with Gasteiger partial charge in [-0.2, -0.15) is 0 Å². The highest BCUT2D eigenvalue weighted by atomic mass is 35.5. The minimum absolute atomic E-state index is 0.0834. The van der Waals surface area contributed by atoms with Gasteiger partial charge in [-0.15, -0.1) is 0 Å². The molecular weight excluding hydrogens is 362 g/mol. The van der Waals surface area contributed by atoms with Crippen molar-refractivity contribution in [3.05, 3.63) is 72.0 Å². The van der Waals surface area contributed by atoms with Gasteiger partial charge in [0.1, 0.15) is 5.82 Å². The molecule has 0 fully saturated rings. The largest absolute Gasteiger partial charge is 0.504 e. The second-order valence-corrected chi connectivity index (χ2v) is 6.37. The van der Waals surface area contributed by atoms with Crippen LogP contribution in [-0.4, -0.2) is 27.2 Å². The van der Waals surface area contributed by atoms with Crippen molar-refractivity contribution < 1.29 is 9.84 Å². The summed E-state index contributed by atoms with van der Waals surface area (Å²) in [6.45, 7) is 0. The zero-order valence-corrected chi connectivity index (χ0v) is 15.2. The molecule has 0 amide bonds. The van der Waals surface area contributed by atoms with E-state index in [2.05, 4.69) is 9.97 Å². The van der Waals surface area contributed by atoms with Gasteiger partial charge in [0.05, 0.1) is 18.5 Å². The Labute approximate surface area is 161 Å². The number of imidazole rings is 1. The first-order valence-electron chi connectivity index (χ1n) is 8.29. The van der Waals surface area contributed by atoms with Crippen LogP contribution in [0.1, 0.15) is 0 Å². The van der Waals surface area contributed by atoms with E-state index in [1.54, 1.807) is 30.6 Å². The summed E-state index contributed by atoms with van der Waals surface area (Å²) in [5.74, 6) is 1.15. The molecule has 27 heavy (non-hydrogen) atoms. The number of ether oxygens (including phenoxy) is 1. The molecule has 0 bridgehead atoms. The van der Waals surface area contributed by atoms with Crippen LogP contribution in [0.15, 0.2) is 67.0 Å². The monoisotopic (exact) mass is 377 g/mol. The number of aromatic amines is 1. The van der Waals surface area contributed by atoms with Crippen LogP contribution < -0.4 is 4.74 Å². The Morgan fingerprint density at radius 2 is 1.63 bits per heavy atom. The highest BCUT2D eigenvalue weighted by molar-refractivity contribution is 6.30. The lowest BCUT2D eigenvalue weighted by Gasteiger charge is -2.04. The standard InChI is InChI=1S/C21H16ClN3O2/c1-27-18-12-15(4-7-17(18)26)21-24-19(13-2-5-16(22)6-3-13)20(25-21)14-8-10-23-11-9-14/h2-12,26H,1H3,(H,24,25). The third-order valence-electron chi connectivity index (χ3n) is 4.24. The first kappa shape index (κ1) is 17.1. The van der Waals surface area contributed by atoms with Gasteiger partial charge in [-0.05, 0) is 42.5 Å². The summed E-state index contributed by atoms with van der Waals surface area (Å²) in [6, 6.07) is 16.5. The van der Waals surface area contributed by atoms with Crippen LogP contribution in [0, 0.1) is 0 Å². The number of hydrogen-bond acceptors (Lipinski definition) is 4. The lowest BCUT2D eigenvalue weighted by Crippen LogP contribution is -1.86. The van der Waals surface area contributed by atoms with E-state index in [1.807, 2.05) is 36.4 Å². The number of aromatic nitrogens is 3. The molecule has 0 radical (unpaired) electrons. The summed E-state index contributed by atoms with van der Waals surface area (Å²) >= 11 is 6.03. The Balaban J connectivity index is 1.89. The Bertz CT molecular complexity index is 1080. The Kier molecular flexibility index (Phi) is 4.52. The average Bonchev–Trinajstić information content (AvgIpc) is 3.15. The zero-order valence-electron chi connectivity index (χ0n) is 14.5. The van der Waals surface area contributed by atoms with Crippen LogP contribution in [0.5, 0.6) is 11.5 Å². The van der Waals surface area contributed by atoms with E-state index < -0.39 is 0 Å². The fraction of sp³-hybridized carbons (Fsp3) is 0.0476. The van der Waals surface area contributed by atoms with E-state index in [1.165, 1.54) is 7.11 Å². The highest BCUT2D eigenvalue weighted by Crippen LogP contribution is 2.35. The molecule has 0 aliphatic rings. The van der Waals surface area contributed by atoms with Gasteiger partial charge in [-0.1, -0.05) is 23.7 Å². The SMILES string of the molecule is COc1cc(-c2nc(-c3ccc(Cl)cc3)c(-c3ccncc3)[nH]2)ccc1O. The van der Waals surface area contributed by atoms with Crippen molar-refractivity contribution in [2.24, 2.45) is 0 Å². The van der Waals surface area contributed by atoms with Crippen LogP contribution in [-0.2, 0) is 0 Å². The molecule has 0 atom stereocenters. The predicted molar refractivity (Wildman–Crippen MR) is 106 cm³/mol. The van der Waals surface area contributed by atoms with Crippen molar-refractivity contribution in [3.8, 4) is 45.4 Å². The molecule has 2 aromatic carbocycles. The molecule has 6 heteroatoms. The number of H-pyrrole nitrogens is 1. The Morgan fingerprint density at radius 3 is 2.33 bits per heavy atom. The molecule has 2 heterocycles. The molecule has 0 spiro atoms. The van der Waals surface area contributed by atoms with E-state index in [9.17, 15) is 5.11 Å². The minimum atomic E-state index is 0.0834. The molecule has 0 aliphatic heterocycles. The smallest absolute Gasteiger partial charge is 0.161 e. The van der Waals surface area contributed by atoms with Gasteiger partial charge in [0.15, 0.2) is 11.5 Å². The van der Waals surface area contributed by atoms with Gasteiger partial charge >= 0.3 is 0 Å². The van der Waals surface area contributed by atoms with E-state index in [-0.39, 0.29) is 5.75 Å². The van der Waals surface area contributed by atoms with Gasteiger partial charge in [0, 0.05) is 34.1 Å². The second kappa shape index (κ2) is 7.13. The quantitative estimate of drug-likeness (QED) is 0.514. The molecule has 0 saturated carbocycles. The molecular formula is C21H16ClN3O2. The molecule has 0 aliphatic carbocycles. The third kappa shape index (κ3) is 3.37. The number of methoxy groups -OCH3 is 1. The first-order chi connectivity index (χ1) is 13.2. The van der Waals surface area contributed by atoms with Crippen molar-refractivity contribution in [1.82, 2.24) is 15.0 Å². The maximum Gasteiger partial charge on any atom is 0.161 e. The maximum absolute atomic E-state index is 9.85. The van der Waals surface area contributed by atoms with Gasteiger partial charge in [-0.25, -0.2) is 4.98 Å². The van der Waals surface area contributed by atoms with Gasteiger partial charge in [0.25, 0.3) is 0 Å². The predicted octanol–water partition coefficient (Wildman–Crippen LogP) is 5.17. The van der Waals surface area contributed by atoms with Crippen molar-refractivity contribution in [2.45, 2.75) is 0 Å². The Hall–Kier alpha value is -3.31. The second-order valence-electron chi connectivity index (χ2n) is 5.94. The van der Waals surface area contributed by atoms with E-state index in [4.69, 9.17) is 21.3 Å². The van der Waals surface area contributed by atoms with Crippen LogP contribution in [0.4, 0.5) is 0 Å².